The molecule has 1 saturated heterocycles. The Kier molecular flexibility index (Phi) is 4.37. The molecule has 0 unspecified atom stereocenters. The van der Waals surface area contributed by atoms with Gasteiger partial charge in [-0.1, -0.05) is 0 Å². The van der Waals surface area contributed by atoms with Gasteiger partial charge < -0.3 is 0 Å². The molecular weight excluding hydrogens is 318 g/mol. The molecule has 0 aliphatic carbocycles. The molecule has 1 aliphatic heterocycles. The molecule has 2 rings (SSSR count). The second-order valence-corrected chi connectivity index (χ2v) is 7.30. The largest absolute Gasteiger partial charge is 0.295 e. The summed E-state index contributed by atoms with van der Waals surface area (Å²) in [5.74, 6) is 0. The van der Waals surface area contributed by atoms with Gasteiger partial charge in [0.2, 0.25) is 10.0 Å². The molecule has 1 fully saturated rings. The number of sulfonamides is 1. The summed E-state index contributed by atoms with van der Waals surface area (Å²) in [7, 11) is -3.04. The highest BCUT2D eigenvalue weighted by molar-refractivity contribution is 9.10. The summed E-state index contributed by atoms with van der Waals surface area (Å²) in [6, 6.07) is 3.95. The minimum Gasteiger partial charge on any atom is -0.295 e. The molecule has 0 bridgehead atoms. The van der Waals surface area contributed by atoms with Gasteiger partial charge in [0, 0.05) is 43.4 Å². The highest BCUT2D eigenvalue weighted by Gasteiger charge is 2.23. The SMILES string of the molecule is CS(=O)(=O)N1CCN(Cc2ccc(Br)cn2)CC1. The molecule has 2 heterocycles. The third-order valence-electron chi connectivity index (χ3n) is 2.97. The first-order chi connectivity index (χ1) is 8.45. The molecule has 0 aromatic carbocycles. The van der Waals surface area contributed by atoms with Crippen LogP contribution in [0.3, 0.4) is 0 Å². The molecule has 1 aliphatic rings. The summed E-state index contributed by atoms with van der Waals surface area (Å²) in [4.78, 5) is 6.54. The van der Waals surface area contributed by atoms with Gasteiger partial charge in [-0.25, -0.2) is 8.42 Å². The zero-order chi connectivity index (χ0) is 13.2. The first kappa shape index (κ1) is 13.9. The molecule has 0 saturated carbocycles. The Bertz CT molecular complexity index is 496. The van der Waals surface area contributed by atoms with E-state index in [1.54, 1.807) is 6.20 Å². The van der Waals surface area contributed by atoms with E-state index < -0.39 is 10.0 Å². The standard InChI is InChI=1S/C11H16BrN3O2S/c1-18(16,17)15-6-4-14(5-7-15)9-11-3-2-10(12)8-13-11/h2-3,8H,4-7,9H2,1H3. The Morgan fingerprint density at radius 1 is 1.28 bits per heavy atom. The highest BCUT2D eigenvalue weighted by atomic mass is 79.9. The van der Waals surface area contributed by atoms with Crippen molar-refractivity contribution in [3.8, 4) is 0 Å². The lowest BCUT2D eigenvalue weighted by atomic mass is 10.3. The van der Waals surface area contributed by atoms with Crippen LogP contribution in [-0.4, -0.2) is 55.0 Å². The van der Waals surface area contributed by atoms with Gasteiger partial charge in [0.05, 0.1) is 11.9 Å². The molecule has 5 nitrogen and oxygen atoms in total. The van der Waals surface area contributed by atoms with Gasteiger partial charge in [-0.05, 0) is 28.1 Å². The Labute approximate surface area is 116 Å². The first-order valence-electron chi connectivity index (χ1n) is 5.73. The number of rotatable bonds is 3. The Morgan fingerprint density at radius 3 is 2.44 bits per heavy atom. The van der Waals surface area contributed by atoms with Crippen molar-refractivity contribution in [2.75, 3.05) is 32.4 Å². The minimum absolute atomic E-state index is 0.565. The normalized spacial score (nSPS) is 19.0. The zero-order valence-electron chi connectivity index (χ0n) is 10.2. The van der Waals surface area contributed by atoms with Gasteiger partial charge in [0.25, 0.3) is 0 Å². The summed E-state index contributed by atoms with van der Waals surface area (Å²) in [5.41, 5.74) is 1.01. The molecule has 0 atom stereocenters. The molecule has 0 amide bonds. The van der Waals surface area contributed by atoms with Crippen molar-refractivity contribution in [1.82, 2.24) is 14.2 Å². The van der Waals surface area contributed by atoms with E-state index in [4.69, 9.17) is 0 Å². The predicted molar refractivity (Wildman–Crippen MR) is 73.6 cm³/mol. The number of nitrogens with zero attached hydrogens (tertiary/aromatic N) is 3. The average molecular weight is 334 g/mol. The monoisotopic (exact) mass is 333 g/mol. The van der Waals surface area contributed by atoms with E-state index in [-0.39, 0.29) is 0 Å². The van der Waals surface area contributed by atoms with Crippen molar-refractivity contribution >= 4 is 26.0 Å². The lowest BCUT2D eigenvalue weighted by Gasteiger charge is -2.32. The molecule has 1 aromatic heterocycles. The fourth-order valence-corrected chi connectivity index (χ4v) is 3.01. The number of piperazine rings is 1. The van der Waals surface area contributed by atoms with E-state index in [0.717, 1.165) is 29.8 Å². The van der Waals surface area contributed by atoms with E-state index >= 15 is 0 Å². The Morgan fingerprint density at radius 2 is 1.94 bits per heavy atom. The van der Waals surface area contributed by atoms with E-state index in [2.05, 4.69) is 25.8 Å². The molecule has 18 heavy (non-hydrogen) atoms. The second kappa shape index (κ2) is 5.64. The minimum atomic E-state index is -3.04. The third kappa shape index (κ3) is 3.74. The van der Waals surface area contributed by atoms with Crippen LogP contribution >= 0.6 is 15.9 Å². The topological polar surface area (TPSA) is 53.5 Å². The fourth-order valence-electron chi connectivity index (χ4n) is 1.95. The maximum Gasteiger partial charge on any atom is 0.211 e. The van der Waals surface area contributed by atoms with Gasteiger partial charge >= 0.3 is 0 Å². The second-order valence-electron chi connectivity index (χ2n) is 4.41. The van der Waals surface area contributed by atoms with Crippen LogP contribution in [0.1, 0.15) is 5.69 Å². The average Bonchev–Trinajstić information content (AvgIpc) is 2.32. The first-order valence-corrected chi connectivity index (χ1v) is 8.37. The Balaban J connectivity index is 1.89. The molecule has 0 spiro atoms. The van der Waals surface area contributed by atoms with Gasteiger partial charge in [0.1, 0.15) is 0 Å². The van der Waals surface area contributed by atoms with Crippen LogP contribution in [0.15, 0.2) is 22.8 Å². The van der Waals surface area contributed by atoms with Gasteiger partial charge in [-0.3, -0.25) is 9.88 Å². The van der Waals surface area contributed by atoms with Crippen molar-refractivity contribution in [1.29, 1.82) is 0 Å². The van der Waals surface area contributed by atoms with E-state index in [0.29, 0.717) is 13.1 Å². The summed E-state index contributed by atoms with van der Waals surface area (Å²) in [5, 5.41) is 0. The van der Waals surface area contributed by atoms with Crippen LogP contribution in [0.25, 0.3) is 0 Å². The van der Waals surface area contributed by atoms with Crippen LogP contribution in [0.5, 0.6) is 0 Å². The molecule has 7 heteroatoms. The van der Waals surface area contributed by atoms with Crippen LogP contribution in [0, 0.1) is 0 Å². The van der Waals surface area contributed by atoms with Crippen molar-refractivity contribution in [2.24, 2.45) is 0 Å². The number of aromatic nitrogens is 1. The van der Waals surface area contributed by atoms with Crippen LogP contribution < -0.4 is 0 Å². The molecule has 100 valence electrons. The third-order valence-corrected chi connectivity index (χ3v) is 4.75. The van der Waals surface area contributed by atoms with Gasteiger partial charge in [-0.15, -0.1) is 0 Å². The summed E-state index contributed by atoms with van der Waals surface area (Å²) in [6.07, 6.45) is 3.04. The van der Waals surface area contributed by atoms with Crippen LogP contribution in [0.4, 0.5) is 0 Å². The molecule has 0 N–H and O–H groups in total. The van der Waals surface area contributed by atoms with E-state index in [9.17, 15) is 8.42 Å². The molecular formula is C11H16BrN3O2S. The smallest absolute Gasteiger partial charge is 0.211 e. The van der Waals surface area contributed by atoms with Gasteiger partial charge in [0.15, 0.2) is 0 Å². The van der Waals surface area contributed by atoms with Crippen LogP contribution in [-0.2, 0) is 16.6 Å². The number of halogens is 1. The zero-order valence-corrected chi connectivity index (χ0v) is 12.6. The lowest BCUT2D eigenvalue weighted by molar-refractivity contribution is 0.180. The van der Waals surface area contributed by atoms with E-state index in [1.165, 1.54) is 10.6 Å². The molecule has 0 radical (unpaired) electrons. The van der Waals surface area contributed by atoms with Crippen molar-refractivity contribution < 1.29 is 8.42 Å². The lowest BCUT2D eigenvalue weighted by Crippen LogP contribution is -2.47. The number of pyridine rings is 1. The van der Waals surface area contributed by atoms with E-state index in [1.807, 2.05) is 12.1 Å². The van der Waals surface area contributed by atoms with Crippen LogP contribution in [0.2, 0.25) is 0 Å². The van der Waals surface area contributed by atoms with Gasteiger partial charge in [-0.2, -0.15) is 4.31 Å². The number of hydrogen-bond donors (Lipinski definition) is 0. The maximum atomic E-state index is 11.4. The molecule has 1 aromatic rings. The van der Waals surface area contributed by atoms with Crippen molar-refractivity contribution in [3.05, 3.63) is 28.5 Å². The quantitative estimate of drug-likeness (QED) is 0.825. The number of hydrogen-bond acceptors (Lipinski definition) is 4. The van der Waals surface area contributed by atoms with Crippen molar-refractivity contribution in [3.63, 3.8) is 0 Å². The summed E-state index contributed by atoms with van der Waals surface area (Å²) >= 11 is 3.35. The predicted octanol–water partition coefficient (Wildman–Crippen LogP) is 0.921. The highest BCUT2D eigenvalue weighted by Crippen LogP contribution is 2.11. The Hall–Kier alpha value is -0.500. The van der Waals surface area contributed by atoms with Crippen molar-refractivity contribution in [2.45, 2.75) is 6.54 Å². The maximum absolute atomic E-state index is 11.4. The summed E-state index contributed by atoms with van der Waals surface area (Å²) < 4.78 is 25.2. The fraction of sp³-hybridized carbons (Fsp3) is 0.545. The summed E-state index contributed by atoms with van der Waals surface area (Å²) in [6.45, 7) is 3.41.